The minimum absolute atomic E-state index is 1.00. The lowest BCUT2D eigenvalue weighted by Crippen LogP contribution is -1.96. The molecule has 0 aliphatic carbocycles. The second-order valence-electron chi connectivity index (χ2n) is 2.52. The molecule has 0 N–H and O–H groups in total. The maximum atomic E-state index is 4.14. The molecule has 54 valence electrons. The summed E-state index contributed by atoms with van der Waals surface area (Å²) in [5.41, 5.74) is 2.16. The van der Waals surface area contributed by atoms with Gasteiger partial charge in [0.1, 0.15) is 5.82 Å². The van der Waals surface area contributed by atoms with Crippen molar-refractivity contribution >= 4 is 5.70 Å². The summed E-state index contributed by atoms with van der Waals surface area (Å²) < 4.78 is 2.03. The normalized spacial score (nSPS) is 9.90. The van der Waals surface area contributed by atoms with Crippen LogP contribution in [0, 0.1) is 13.8 Å². The Morgan fingerprint density at radius 1 is 1.60 bits per heavy atom. The fraction of sp³-hybridized carbons (Fsp3) is 0.375. The van der Waals surface area contributed by atoms with Crippen molar-refractivity contribution in [2.45, 2.75) is 20.8 Å². The molecule has 1 aromatic heterocycles. The number of rotatable bonds is 1. The van der Waals surface area contributed by atoms with Gasteiger partial charge in [-0.05, 0) is 20.8 Å². The Morgan fingerprint density at radius 2 is 2.20 bits per heavy atom. The summed E-state index contributed by atoms with van der Waals surface area (Å²) in [7, 11) is 0. The molecule has 0 bridgehead atoms. The molecule has 2 heteroatoms. The topological polar surface area (TPSA) is 17.8 Å². The van der Waals surface area contributed by atoms with Crippen LogP contribution in [0.4, 0.5) is 0 Å². The van der Waals surface area contributed by atoms with Gasteiger partial charge in [-0.25, -0.2) is 4.98 Å². The summed E-state index contributed by atoms with van der Waals surface area (Å²) in [4.78, 5) is 4.14. The largest absolute Gasteiger partial charge is 0.306 e. The van der Waals surface area contributed by atoms with E-state index in [-0.39, 0.29) is 0 Å². The van der Waals surface area contributed by atoms with Gasteiger partial charge in [0, 0.05) is 17.6 Å². The molecule has 0 saturated carbocycles. The second kappa shape index (κ2) is 2.29. The Morgan fingerprint density at radius 3 is 2.40 bits per heavy atom. The predicted molar refractivity (Wildman–Crippen MR) is 42.7 cm³/mol. The van der Waals surface area contributed by atoms with Gasteiger partial charge in [-0.3, -0.25) is 0 Å². The van der Waals surface area contributed by atoms with Gasteiger partial charge in [0.05, 0.1) is 0 Å². The highest BCUT2D eigenvalue weighted by molar-refractivity contribution is 5.41. The number of aryl methyl sites for hydroxylation is 2. The number of imidazole rings is 1. The molecule has 0 aliphatic heterocycles. The van der Waals surface area contributed by atoms with E-state index in [1.165, 1.54) is 0 Å². The SMILES string of the molecule is C=C(C)n1c(C)cnc1C. The third kappa shape index (κ3) is 0.967. The molecule has 0 aromatic carbocycles. The van der Waals surface area contributed by atoms with Gasteiger partial charge in [0.15, 0.2) is 0 Å². The van der Waals surface area contributed by atoms with E-state index in [4.69, 9.17) is 0 Å². The van der Waals surface area contributed by atoms with Crippen molar-refractivity contribution in [3.8, 4) is 0 Å². The van der Waals surface area contributed by atoms with Crippen LogP contribution < -0.4 is 0 Å². The van der Waals surface area contributed by atoms with Crippen LogP contribution in [0.1, 0.15) is 18.4 Å². The first-order valence-corrected chi connectivity index (χ1v) is 3.29. The number of hydrogen-bond donors (Lipinski definition) is 0. The number of hydrogen-bond acceptors (Lipinski definition) is 1. The van der Waals surface area contributed by atoms with Crippen molar-refractivity contribution in [2.75, 3.05) is 0 Å². The lowest BCUT2D eigenvalue weighted by Gasteiger charge is -2.04. The van der Waals surface area contributed by atoms with Crippen molar-refractivity contribution in [3.05, 3.63) is 24.3 Å². The molecule has 0 radical (unpaired) electrons. The van der Waals surface area contributed by atoms with Gasteiger partial charge < -0.3 is 4.57 Å². The molecule has 2 nitrogen and oxygen atoms in total. The summed E-state index contributed by atoms with van der Waals surface area (Å²) in [5.74, 6) is 1.00. The van der Waals surface area contributed by atoms with Crippen molar-refractivity contribution in [2.24, 2.45) is 0 Å². The monoisotopic (exact) mass is 136 g/mol. The van der Waals surface area contributed by atoms with Crippen LogP contribution in [0.2, 0.25) is 0 Å². The summed E-state index contributed by atoms with van der Waals surface area (Å²) in [6.07, 6.45) is 1.85. The van der Waals surface area contributed by atoms with Gasteiger partial charge >= 0.3 is 0 Å². The maximum absolute atomic E-state index is 4.14. The molecule has 0 aliphatic rings. The zero-order chi connectivity index (χ0) is 7.72. The molecule has 0 fully saturated rings. The summed E-state index contributed by atoms with van der Waals surface area (Å²) >= 11 is 0. The highest BCUT2D eigenvalue weighted by Gasteiger charge is 2.00. The average molecular weight is 136 g/mol. The van der Waals surface area contributed by atoms with Crippen LogP contribution in [0.15, 0.2) is 12.8 Å². The maximum Gasteiger partial charge on any atom is 0.109 e. The highest BCUT2D eigenvalue weighted by Crippen LogP contribution is 2.08. The Kier molecular flexibility index (Phi) is 1.62. The molecule has 0 amide bonds. The van der Waals surface area contributed by atoms with E-state index in [1.54, 1.807) is 0 Å². The fourth-order valence-electron chi connectivity index (χ4n) is 1.13. The number of aromatic nitrogens is 2. The summed E-state index contributed by atoms with van der Waals surface area (Å²) in [6, 6.07) is 0. The Bertz CT molecular complexity index is 239. The van der Waals surface area contributed by atoms with Gasteiger partial charge in [0.25, 0.3) is 0 Å². The minimum atomic E-state index is 1.00. The molecular weight excluding hydrogens is 124 g/mol. The minimum Gasteiger partial charge on any atom is -0.306 e. The fourth-order valence-corrected chi connectivity index (χ4v) is 1.13. The third-order valence-electron chi connectivity index (χ3n) is 1.50. The van der Waals surface area contributed by atoms with E-state index in [0.29, 0.717) is 0 Å². The first-order valence-electron chi connectivity index (χ1n) is 3.29. The summed E-state index contributed by atoms with van der Waals surface area (Å²) in [6.45, 7) is 9.81. The standard InChI is InChI=1S/C8H12N2/c1-6(2)10-7(3)5-9-8(10)4/h5H,1H2,2-4H3. The molecule has 0 spiro atoms. The summed E-state index contributed by atoms with van der Waals surface area (Å²) in [5, 5.41) is 0. The Labute approximate surface area is 61.2 Å². The average Bonchev–Trinajstić information content (AvgIpc) is 2.11. The zero-order valence-electron chi connectivity index (χ0n) is 6.68. The molecule has 1 aromatic rings. The number of allylic oxidation sites excluding steroid dienone is 1. The van der Waals surface area contributed by atoms with Crippen LogP contribution in [0.5, 0.6) is 0 Å². The van der Waals surface area contributed by atoms with Gasteiger partial charge in [-0.1, -0.05) is 6.58 Å². The van der Waals surface area contributed by atoms with Crippen LogP contribution in [0.25, 0.3) is 5.70 Å². The third-order valence-corrected chi connectivity index (χ3v) is 1.50. The van der Waals surface area contributed by atoms with E-state index in [1.807, 2.05) is 31.5 Å². The first-order chi connectivity index (χ1) is 4.63. The van der Waals surface area contributed by atoms with Crippen molar-refractivity contribution < 1.29 is 0 Å². The molecule has 0 unspecified atom stereocenters. The van der Waals surface area contributed by atoms with Gasteiger partial charge in [0.2, 0.25) is 0 Å². The molecule has 10 heavy (non-hydrogen) atoms. The predicted octanol–water partition coefficient (Wildman–Crippen LogP) is 1.99. The molecule has 1 heterocycles. The van der Waals surface area contributed by atoms with Crippen LogP contribution in [-0.4, -0.2) is 9.55 Å². The van der Waals surface area contributed by atoms with Crippen LogP contribution >= 0.6 is 0 Å². The van der Waals surface area contributed by atoms with E-state index in [9.17, 15) is 0 Å². The highest BCUT2D eigenvalue weighted by atomic mass is 15.1. The zero-order valence-corrected chi connectivity index (χ0v) is 6.68. The van der Waals surface area contributed by atoms with E-state index < -0.39 is 0 Å². The molecular formula is C8H12N2. The van der Waals surface area contributed by atoms with Crippen molar-refractivity contribution in [1.82, 2.24) is 9.55 Å². The van der Waals surface area contributed by atoms with Crippen LogP contribution in [-0.2, 0) is 0 Å². The van der Waals surface area contributed by atoms with E-state index >= 15 is 0 Å². The lowest BCUT2D eigenvalue weighted by molar-refractivity contribution is 0.958. The van der Waals surface area contributed by atoms with Crippen molar-refractivity contribution in [1.29, 1.82) is 0 Å². The Balaban J connectivity index is 3.23. The lowest BCUT2D eigenvalue weighted by atomic mass is 10.4. The molecule has 1 rings (SSSR count). The second-order valence-corrected chi connectivity index (χ2v) is 2.52. The molecule has 0 atom stereocenters. The first kappa shape index (κ1) is 7.06. The number of nitrogens with zero attached hydrogens (tertiary/aromatic N) is 2. The van der Waals surface area contributed by atoms with Crippen molar-refractivity contribution in [3.63, 3.8) is 0 Å². The van der Waals surface area contributed by atoms with E-state index in [2.05, 4.69) is 11.6 Å². The quantitative estimate of drug-likeness (QED) is 0.577. The Hall–Kier alpha value is -1.05. The van der Waals surface area contributed by atoms with Gasteiger partial charge in [-0.15, -0.1) is 0 Å². The van der Waals surface area contributed by atoms with Crippen LogP contribution in [0.3, 0.4) is 0 Å². The van der Waals surface area contributed by atoms with Gasteiger partial charge in [-0.2, -0.15) is 0 Å². The van der Waals surface area contributed by atoms with E-state index in [0.717, 1.165) is 17.2 Å². The molecule has 0 saturated heterocycles. The smallest absolute Gasteiger partial charge is 0.109 e.